The second kappa shape index (κ2) is 6.97. The van der Waals surface area contributed by atoms with E-state index in [0.717, 1.165) is 25.7 Å². The Labute approximate surface area is 161 Å². The van der Waals surface area contributed by atoms with Gasteiger partial charge in [0.05, 0.1) is 19.3 Å². The number of aliphatic hydroxyl groups is 3. The van der Waals surface area contributed by atoms with Crippen molar-refractivity contribution in [3.63, 3.8) is 0 Å². The molecule has 4 fully saturated rings. The maximum atomic E-state index is 11.9. The van der Waals surface area contributed by atoms with Gasteiger partial charge < -0.3 is 24.8 Å². The SMILES string of the molecule is CCC(=O)O[C@H]1CCC2C3C(CC[C@@]21CO)[C@@]1(C)CO[C@H](O)CC1C[C@@H]3O. The van der Waals surface area contributed by atoms with Crippen LogP contribution in [0.5, 0.6) is 0 Å². The second-order valence-electron chi connectivity index (χ2n) is 9.64. The molecule has 9 atom stereocenters. The Morgan fingerprint density at radius 2 is 1.96 bits per heavy atom. The van der Waals surface area contributed by atoms with E-state index in [1.54, 1.807) is 6.92 Å². The van der Waals surface area contributed by atoms with Crippen LogP contribution in [0, 0.1) is 34.5 Å². The third-order valence-corrected chi connectivity index (χ3v) is 8.65. The van der Waals surface area contributed by atoms with E-state index in [1.807, 2.05) is 0 Å². The fourth-order valence-corrected chi connectivity index (χ4v) is 7.18. The average Bonchev–Trinajstić information content (AvgIpc) is 3.02. The molecular weight excluding hydrogens is 348 g/mol. The van der Waals surface area contributed by atoms with Crippen molar-refractivity contribution in [3.05, 3.63) is 0 Å². The minimum Gasteiger partial charge on any atom is -0.462 e. The van der Waals surface area contributed by atoms with Crippen LogP contribution in [0.25, 0.3) is 0 Å². The number of esters is 1. The molecule has 27 heavy (non-hydrogen) atoms. The van der Waals surface area contributed by atoms with Crippen LogP contribution in [0.3, 0.4) is 0 Å². The van der Waals surface area contributed by atoms with E-state index in [9.17, 15) is 20.1 Å². The molecule has 4 aliphatic rings. The number of fused-ring (bicyclic) bond motifs is 5. The molecule has 6 heteroatoms. The van der Waals surface area contributed by atoms with Gasteiger partial charge in [0.25, 0.3) is 0 Å². The molecule has 1 heterocycles. The summed E-state index contributed by atoms with van der Waals surface area (Å²) in [5.74, 6) is 0.617. The Hall–Kier alpha value is -0.690. The number of hydrogen-bond donors (Lipinski definition) is 3. The van der Waals surface area contributed by atoms with Crippen molar-refractivity contribution in [1.82, 2.24) is 0 Å². The van der Waals surface area contributed by atoms with Crippen LogP contribution in [0.1, 0.15) is 58.8 Å². The number of ether oxygens (including phenoxy) is 2. The molecule has 0 aromatic rings. The van der Waals surface area contributed by atoms with Crippen molar-refractivity contribution in [1.29, 1.82) is 0 Å². The summed E-state index contributed by atoms with van der Waals surface area (Å²) in [6.07, 6.45) is 3.55. The van der Waals surface area contributed by atoms with Gasteiger partial charge in [-0.25, -0.2) is 0 Å². The van der Waals surface area contributed by atoms with Crippen LogP contribution in [-0.2, 0) is 14.3 Å². The third-order valence-electron chi connectivity index (χ3n) is 8.65. The lowest BCUT2D eigenvalue weighted by atomic mass is 9.46. The second-order valence-corrected chi connectivity index (χ2v) is 9.64. The Kier molecular flexibility index (Phi) is 5.07. The minimum absolute atomic E-state index is 0.00459. The number of carbonyl (C=O) groups excluding carboxylic acids is 1. The highest BCUT2D eigenvalue weighted by Gasteiger charge is 2.65. The van der Waals surface area contributed by atoms with Crippen molar-refractivity contribution in [2.24, 2.45) is 34.5 Å². The van der Waals surface area contributed by atoms with E-state index in [0.29, 0.717) is 31.8 Å². The molecule has 154 valence electrons. The molecule has 0 aromatic heterocycles. The molecule has 1 saturated heterocycles. The summed E-state index contributed by atoms with van der Waals surface area (Å²) in [6, 6.07) is 0. The lowest BCUT2D eigenvalue weighted by Gasteiger charge is -2.61. The van der Waals surface area contributed by atoms with Gasteiger partial charge >= 0.3 is 5.97 Å². The number of rotatable bonds is 3. The summed E-state index contributed by atoms with van der Waals surface area (Å²) in [5, 5.41) is 31.4. The zero-order valence-electron chi connectivity index (χ0n) is 16.5. The number of hydrogen-bond acceptors (Lipinski definition) is 6. The molecule has 3 aliphatic carbocycles. The predicted molar refractivity (Wildman–Crippen MR) is 97.4 cm³/mol. The molecule has 0 aromatic carbocycles. The maximum absolute atomic E-state index is 11.9. The molecule has 4 rings (SSSR count). The van der Waals surface area contributed by atoms with Gasteiger partial charge in [-0.15, -0.1) is 0 Å². The molecule has 6 nitrogen and oxygen atoms in total. The van der Waals surface area contributed by atoms with Crippen LogP contribution in [0.4, 0.5) is 0 Å². The monoisotopic (exact) mass is 382 g/mol. The average molecular weight is 382 g/mol. The molecule has 3 N–H and O–H groups in total. The molecular formula is C21H34O6. The zero-order chi connectivity index (χ0) is 19.4. The van der Waals surface area contributed by atoms with Crippen LogP contribution in [0.2, 0.25) is 0 Å². The van der Waals surface area contributed by atoms with Crippen molar-refractivity contribution in [2.45, 2.75) is 77.3 Å². The standard InChI is InChI=1S/C21H34O6/c1-3-17(24)27-16-5-4-14-19-13(6-7-21(14,16)10-22)20(2)11-26-18(25)9-12(20)8-15(19)23/h12-16,18-19,22-23,25H,3-11H2,1-2H3/t12?,13?,14?,15-,16-,18-,19?,20-,21+/m0/s1. The lowest BCUT2D eigenvalue weighted by Crippen LogP contribution is -2.61. The van der Waals surface area contributed by atoms with Crippen molar-refractivity contribution in [3.8, 4) is 0 Å². The van der Waals surface area contributed by atoms with E-state index in [-0.39, 0.29) is 41.8 Å². The zero-order valence-corrected chi connectivity index (χ0v) is 16.5. The van der Waals surface area contributed by atoms with Crippen molar-refractivity contribution >= 4 is 5.97 Å². The molecule has 1 aliphatic heterocycles. The summed E-state index contributed by atoms with van der Waals surface area (Å²) < 4.78 is 11.4. The van der Waals surface area contributed by atoms with Crippen molar-refractivity contribution < 1.29 is 29.6 Å². The van der Waals surface area contributed by atoms with Gasteiger partial charge in [0.15, 0.2) is 6.29 Å². The molecule has 3 saturated carbocycles. The molecule has 0 bridgehead atoms. The first kappa shape index (κ1) is 19.6. The highest BCUT2D eigenvalue weighted by Crippen LogP contribution is 2.65. The minimum atomic E-state index is -0.726. The first-order valence-corrected chi connectivity index (χ1v) is 10.6. The Morgan fingerprint density at radius 1 is 1.19 bits per heavy atom. The number of aliphatic hydroxyl groups excluding tert-OH is 3. The molecule has 0 amide bonds. The summed E-state index contributed by atoms with van der Waals surface area (Å²) in [6.45, 7) is 4.58. The smallest absolute Gasteiger partial charge is 0.305 e. The largest absolute Gasteiger partial charge is 0.462 e. The maximum Gasteiger partial charge on any atom is 0.305 e. The molecule has 0 radical (unpaired) electrons. The van der Waals surface area contributed by atoms with Crippen molar-refractivity contribution in [2.75, 3.05) is 13.2 Å². The highest BCUT2D eigenvalue weighted by molar-refractivity contribution is 5.69. The summed E-state index contributed by atoms with van der Waals surface area (Å²) >= 11 is 0. The van der Waals surface area contributed by atoms with E-state index < -0.39 is 17.8 Å². The Balaban J connectivity index is 1.62. The predicted octanol–water partition coefficient (Wildman–Crippen LogP) is 1.85. The third kappa shape index (κ3) is 2.86. The highest BCUT2D eigenvalue weighted by atomic mass is 16.6. The van der Waals surface area contributed by atoms with Gasteiger partial charge in [-0.3, -0.25) is 4.79 Å². The van der Waals surface area contributed by atoms with Crippen LogP contribution < -0.4 is 0 Å². The molecule has 0 spiro atoms. The van der Waals surface area contributed by atoms with Gasteiger partial charge in [0.1, 0.15) is 6.10 Å². The van der Waals surface area contributed by atoms with E-state index >= 15 is 0 Å². The number of carbonyl (C=O) groups is 1. The Bertz CT molecular complexity index is 581. The quantitative estimate of drug-likeness (QED) is 0.645. The van der Waals surface area contributed by atoms with Gasteiger partial charge in [0.2, 0.25) is 0 Å². The van der Waals surface area contributed by atoms with Gasteiger partial charge in [0, 0.05) is 18.3 Å². The van der Waals surface area contributed by atoms with Gasteiger partial charge in [-0.05, 0) is 61.2 Å². The van der Waals surface area contributed by atoms with Crippen LogP contribution >= 0.6 is 0 Å². The molecule has 4 unspecified atom stereocenters. The van der Waals surface area contributed by atoms with Gasteiger partial charge in [-0.1, -0.05) is 13.8 Å². The summed E-state index contributed by atoms with van der Waals surface area (Å²) in [7, 11) is 0. The van der Waals surface area contributed by atoms with E-state index in [4.69, 9.17) is 9.47 Å². The van der Waals surface area contributed by atoms with Crippen LogP contribution in [0.15, 0.2) is 0 Å². The fourth-order valence-electron chi connectivity index (χ4n) is 7.18. The van der Waals surface area contributed by atoms with E-state index in [1.165, 1.54) is 0 Å². The first-order valence-electron chi connectivity index (χ1n) is 10.6. The topological polar surface area (TPSA) is 96.2 Å². The van der Waals surface area contributed by atoms with E-state index in [2.05, 4.69) is 6.92 Å². The summed E-state index contributed by atoms with van der Waals surface area (Å²) in [5.41, 5.74) is -0.478. The van der Waals surface area contributed by atoms with Crippen LogP contribution in [-0.4, -0.2) is 53.0 Å². The summed E-state index contributed by atoms with van der Waals surface area (Å²) in [4.78, 5) is 11.9. The fraction of sp³-hybridized carbons (Fsp3) is 0.952. The first-order chi connectivity index (χ1) is 12.9. The lowest BCUT2D eigenvalue weighted by molar-refractivity contribution is -0.248. The Morgan fingerprint density at radius 3 is 2.67 bits per heavy atom. The normalized spacial score (nSPS) is 51.8. The van der Waals surface area contributed by atoms with Gasteiger partial charge in [-0.2, -0.15) is 0 Å².